The van der Waals surface area contributed by atoms with Crippen molar-refractivity contribution < 1.29 is 29.0 Å². The van der Waals surface area contributed by atoms with Gasteiger partial charge in [-0.15, -0.1) is 0 Å². The van der Waals surface area contributed by atoms with Gasteiger partial charge in [0.05, 0.1) is 11.7 Å². The fraction of sp³-hybridized carbons (Fsp3) is 0.625. The summed E-state index contributed by atoms with van der Waals surface area (Å²) in [7, 11) is 0. The Bertz CT molecular complexity index is 807. The Hall–Kier alpha value is -2.61. The van der Waals surface area contributed by atoms with Gasteiger partial charge < -0.3 is 25.2 Å². The van der Waals surface area contributed by atoms with Crippen molar-refractivity contribution in [1.29, 1.82) is 0 Å². The second-order valence-electron chi connectivity index (χ2n) is 10.2. The van der Waals surface area contributed by atoms with Crippen molar-refractivity contribution in [1.82, 2.24) is 5.32 Å². The van der Waals surface area contributed by atoms with Crippen molar-refractivity contribution >= 4 is 23.5 Å². The van der Waals surface area contributed by atoms with Gasteiger partial charge in [0, 0.05) is 11.3 Å². The van der Waals surface area contributed by atoms with Crippen LogP contribution < -0.4 is 10.6 Å². The number of anilines is 1. The molecule has 3 atom stereocenters. The van der Waals surface area contributed by atoms with E-state index in [0.29, 0.717) is 11.3 Å². The molecule has 0 aromatic heterocycles. The monoisotopic (exact) mass is 450 g/mol. The van der Waals surface area contributed by atoms with Gasteiger partial charge in [-0.25, -0.2) is 9.59 Å². The molecule has 1 amide bonds. The highest BCUT2D eigenvalue weighted by atomic mass is 16.6. The van der Waals surface area contributed by atoms with Crippen LogP contribution in [0.3, 0.4) is 0 Å². The highest BCUT2D eigenvalue weighted by molar-refractivity contribution is 6.02. The second kappa shape index (κ2) is 10.8. The van der Waals surface area contributed by atoms with Crippen LogP contribution in [-0.2, 0) is 14.3 Å². The van der Waals surface area contributed by atoms with E-state index in [1.54, 1.807) is 65.8 Å². The summed E-state index contributed by atoms with van der Waals surface area (Å²) >= 11 is 0. The number of hydrogen-bond acceptors (Lipinski definition) is 6. The molecule has 3 N–H and O–H groups in total. The van der Waals surface area contributed by atoms with Crippen molar-refractivity contribution in [3.8, 4) is 0 Å². The minimum absolute atomic E-state index is 0.159. The number of alkyl carbamates (subject to hydrolysis) is 1. The number of carboxylic acids is 1. The first-order valence-electron chi connectivity index (χ1n) is 10.8. The number of ketones is 1. The average molecular weight is 451 g/mol. The number of hydrogen-bond donors (Lipinski definition) is 3. The normalized spacial score (nSPS) is 14.9. The average Bonchev–Trinajstić information content (AvgIpc) is 2.60. The Morgan fingerprint density at radius 1 is 0.938 bits per heavy atom. The Balaban J connectivity index is 3.20. The molecule has 0 spiro atoms. The minimum atomic E-state index is -1.00. The fourth-order valence-electron chi connectivity index (χ4n) is 3.09. The number of benzene rings is 1. The third-order valence-corrected chi connectivity index (χ3v) is 4.37. The van der Waals surface area contributed by atoms with E-state index in [2.05, 4.69) is 10.6 Å². The third-order valence-electron chi connectivity index (χ3n) is 4.37. The second-order valence-corrected chi connectivity index (χ2v) is 10.2. The van der Waals surface area contributed by atoms with Crippen LogP contribution in [0.4, 0.5) is 10.5 Å². The van der Waals surface area contributed by atoms with Crippen LogP contribution in [0.2, 0.25) is 0 Å². The smallest absolute Gasteiger partial charge is 0.408 e. The number of rotatable bonds is 9. The van der Waals surface area contributed by atoms with Gasteiger partial charge in [-0.1, -0.05) is 26.0 Å². The van der Waals surface area contributed by atoms with Gasteiger partial charge in [0.25, 0.3) is 0 Å². The van der Waals surface area contributed by atoms with Gasteiger partial charge in [-0.2, -0.15) is 0 Å². The Morgan fingerprint density at radius 2 is 1.53 bits per heavy atom. The molecular weight excluding hydrogens is 412 g/mol. The summed E-state index contributed by atoms with van der Waals surface area (Å²) in [5.74, 6) is -1.50. The molecule has 8 nitrogen and oxygen atoms in total. The summed E-state index contributed by atoms with van der Waals surface area (Å²) in [6.45, 7) is 16.1. The molecule has 1 aromatic rings. The first-order valence-corrected chi connectivity index (χ1v) is 10.8. The standard InChI is InChI=1S/C24H38N2O6/c1-14(2)18(21(28)29)25-17-12-10-11-16(13-17)20(27)19(15(3)31-23(4,5)6)26-22(30)32-24(7,8)9/h10-15,18-19,25H,1-9H3,(H,26,30)(H,28,29)/t15?,18-,19-/m0/s1. The van der Waals surface area contributed by atoms with Gasteiger partial charge in [0.15, 0.2) is 5.78 Å². The van der Waals surface area contributed by atoms with Crippen LogP contribution in [0.1, 0.15) is 72.7 Å². The molecule has 8 heteroatoms. The van der Waals surface area contributed by atoms with Crippen LogP contribution in [-0.4, -0.2) is 52.3 Å². The number of amides is 1. The first-order chi connectivity index (χ1) is 14.5. The van der Waals surface area contributed by atoms with Crippen molar-refractivity contribution in [2.45, 2.75) is 91.7 Å². The Morgan fingerprint density at radius 3 is 2.00 bits per heavy atom. The largest absolute Gasteiger partial charge is 0.480 e. The first kappa shape index (κ1) is 27.4. The lowest BCUT2D eigenvalue weighted by Gasteiger charge is -2.31. The molecule has 0 fully saturated rings. The number of nitrogens with one attached hydrogen (secondary N) is 2. The zero-order valence-electron chi connectivity index (χ0n) is 20.6. The van der Waals surface area contributed by atoms with E-state index < -0.39 is 41.5 Å². The number of carbonyl (C=O) groups excluding carboxylic acids is 2. The number of aliphatic carboxylic acids is 1. The molecule has 0 aliphatic rings. The summed E-state index contributed by atoms with van der Waals surface area (Å²) in [6, 6.07) is 4.74. The summed E-state index contributed by atoms with van der Waals surface area (Å²) in [5, 5.41) is 15.0. The quantitative estimate of drug-likeness (QED) is 0.475. The molecule has 1 unspecified atom stereocenters. The number of ether oxygens (including phenoxy) is 2. The molecule has 32 heavy (non-hydrogen) atoms. The highest BCUT2D eigenvalue weighted by Gasteiger charge is 2.33. The van der Waals surface area contributed by atoms with Gasteiger partial charge in [0.2, 0.25) is 0 Å². The molecule has 1 aromatic carbocycles. The summed E-state index contributed by atoms with van der Waals surface area (Å²) < 4.78 is 11.3. The van der Waals surface area contributed by atoms with Gasteiger partial charge in [-0.05, 0) is 66.5 Å². The summed E-state index contributed by atoms with van der Waals surface area (Å²) in [5.41, 5.74) is -0.452. The Labute approximate surface area is 191 Å². The van der Waals surface area contributed by atoms with E-state index in [9.17, 15) is 19.5 Å². The molecule has 180 valence electrons. The minimum Gasteiger partial charge on any atom is -0.480 e. The number of carboxylic acid groups (broad SMARTS) is 1. The third kappa shape index (κ3) is 9.26. The van der Waals surface area contributed by atoms with Crippen LogP contribution in [0.5, 0.6) is 0 Å². The van der Waals surface area contributed by atoms with Crippen molar-refractivity contribution in [3.05, 3.63) is 29.8 Å². The van der Waals surface area contributed by atoms with Crippen LogP contribution in [0, 0.1) is 5.92 Å². The molecule has 0 saturated carbocycles. The van der Waals surface area contributed by atoms with E-state index in [-0.39, 0.29) is 11.7 Å². The highest BCUT2D eigenvalue weighted by Crippen LogP contribution is 2.20. The zero-order valence-corrected chi connectivity index (χ0v) is 20.6. The fourth-order valence-corrected chi connectivity index (χ4v) is 3.09. The van der Waals surface area contributed by atoms with Crippen molar-refractivity contribution in [3.63, 3.8) is 0 Å². The molecule has 0 saturated heterocycles. The predicted octanol–water partition coefficient (Wildman–Crippen LogP) is 4.49. The molecule has 0 aliphatic heterocycles. The molecule has 0 radical (unpaired) electrons. The van der Waals surface area contributed by atoms with Gasteiger partial charge in [-0.3, -0.25) is 4.79 Å². The molecule has 0 bridgehead atoms. The van der Waals surface area contributed by atoms with E-state index >= 15 is 0 Å². The molecular formula is C24H38N2O6. The lowest BCUT2D eigenvalue weighted by molar-refractivity contribution is -0.138. The maximum absolute atomic E-state index is 13.4. The van der Waals surface area contributed by atoms with E-state index in [1.807, 2.05) is 20.8 Å². The summed E-state index contributed by atoms with van der Waals surface area (Å²) in [4.78, 5) is 37.3. The lowest BCUT2D eigenvalue weighted by Crippen LogP contribution is -2.51. The molecule has 0 aliphatic carbocycles. The van der Waals surface area contributed by atoms with Crippen molar-refractivity contribution in [2.24, 2.45) is 5.92 Å². The lowest BCUT2D eigenvalue weighted by atomic mass is 9.98. The maximum Gasteiger partial charge on any atom is 0.408 e. The number of Topliss-reactive ketones (excluding diaryl/α,β-unsaturated/α-hetero) is 1. The molecule has 1 rings (SSSR count). The summed E-state index contributed by atoms with van der Waals surface area (Å²) in [6.07, 6.45) is -1.37. The van der Waals surface area contributed by atoms with E-state index in [4.69, 9.17) is 9.47 Å². The van der Waals surface area contributed by atoms with Crippen LogP contribution in [0.15, 0.2) is 24.3 Å². The zero-order chi connectivity index (χ0) is 24.9. The SMILES string of the molecule is CC(C)[C@H](Nc1cccc(C(=O)[C@@H](NC(=O)OC(C)(C)C)C(C)OC(C)(C)C)c1)C(=O)O. The Kier molecular flexibility index (Phi) is 9.26. The topological polar surface area (TPSA) is 114 Å². The van der Waals surface area contributed by atoms with E-state index in [1.165, 1.54) is 0 Å². The van der Waals surface area contributed by atoms with Gasteiger partial charge >= 0.3 is 12.1 Å². The van der Waals surface area contributed by atoms with Crippen molar-refractivity contribution in [2.75, 3.05) is 5.32 Å². The van der Waals surface area contributed by atoms with Crippen LogP contribution in [0.25, 0.3) is 0 Å². The maximum atomic E-state index is 13.4. The predicted molar refractivity (Wildman–Crippen MR) is 124 cm³/mol. The van der Waals surface area contributed by atoms with E-state index in [0.717, 1.165) is 0 Å². The van der Waals surface area contributed by atoms with Crippen LogP contribution >= 0.6 is 0 Å². The van der Waals surface area contributed by atoms with Gasteiger partial charge in [0.1, 0.15) is 17.7 Å². The number of carbonyl (C=O) groups is 3. The molecule has 0 heterocycles.